The molecule has 0 saturated carbocycles. The van der Waals surface area contributed by atoms with E-state index in [4.69, 9.17) is 42.6 Å². The van der Waals surface area contributed by atoms with Gasteiger partial charge in [0.2, 0.25) is 0 Å². The third kappa shape index (κ3) is 18.1. The highest BCUT2D eigenvalue weighted by molar-refractivity contribution is 5.98. The molecule has 5 aromatic carbocycles. The van der Waals surface area contributed by atoms with Crippen molar-refractivity contribution >= 4 is 53.7 Å². The predicted octanol–water partition coefficient (Wildman–Crippen LogP) is 8.11. The number of carbonyl (C=O) groups is 9. The van der Waals surface area contributed by atoms with Gasteiger partial charge in [0.15, 0.2) is 0 Å². The summed E-state index contributed by atoms with van der Waals surface area (Å²) in [6.45, 7) is 11.2. The minimum atomic E-state index is -0.872. The molecule has 0 unspecified atom stereocenters. The van der Waals surface area contributed by atoms with Crippen molar-refractivity contribution < 1.29 is 85.8 Å². The second-order valence-electron chi connectivity index (χ2n) is 15.3. The Morgan fingerprint density at radius 3 is 1.19 bits per heavy atom. The fraction of sp³-hybridized carbons (Fsp3) is 0.182. The normalized spacial score (nSPS) is 10.3. The molecule has 0 radical (unpaired) electrons. The molecule has 0 spiro atoms. The van der Waals surface area contributed by atoms with Crippen molar-refractivity contribution in [3.8, 4) is 45.3 Å². The molecule has 0 aliphatic heterocycles. The standard InChI is InChI=1S/C55H48O18/c1-5-47(56)65-29-31-67-49(58)25-27-51(60)70-42-19-15-38(16-20-42)36-7-11-40(12-8-36)53(62)72-44-23-24-46(45(33-44)55(64)69-34-35(3)4)73-54(63)41-13-9-37(10-14-41)39-17-21-43(22-18-39)71-52(61)28-26-50(59)68-32-30-66-48(57)6-2/h5-24,33H,1-3,25-32,34H2,4H3. The molecule has 0 bridgehead atoms. The van der Waals surface area contributed by atoms with Gasteiger partial charge in [0.05, 0.1) is 36.8 Å². The first-order valence-corrected chi connectivity index (χ1v) is 22.2. The highest BCUT2D eigenvalue weighted by atomic mass is 16.6. The van der Waals surface area contributed by atoms with Gasteiger partial charge in [-0.25, -0.2) is 24.0 Å². The molecular weight excluding hydrogens is 949 g/mol. The van der Waals surface area contributed by atoms with Gasteiger partial charge in [-0.05, 0) is 101 Å². The van der Waals surface area contributed by atoms with Gasteiger partial charge < -0.3 is 42.6 Å². The Hall–Kier alpha value is -9.45. The number of ether oxygens (including phenoxy) is 9. The van der Waals surface area contributed by atoms with Crippen LogP contribution >= 0.6 is 0 Å². The minimum Gasteiger partial charge on any atom is -0.462 e. The molecule has 0 fully saturated rings. The first-order valence-electron chi connectivity index (χ1n) is 22.2. The second kappa shape index (κ2) is 27.7. The van der Waals surface area contributed by atoms with E-state index in [1.165, 1.54) is 42.5 Å². The number of carbonyl (C=O) groups excluding carboxylic acids is 9. The Labute approximate surface area is 418 Å². The average Bonchev–Trinajstić information content (AvgIpc) is 3.39. The van der Waals surface area contributed by atoms with Crippen LogP contribution in [0.1, 0.15) is 63.7 Å². The molecule has 0 amide bonds. The summed E-state index contributed by atoms with van der Waals surface area (Å²) >= 11 is 0. The average molecular weight is 997 g/mol. The molecule has 0 aliphatic carbocycles. The Morgan fingerprint density at radius 1 is 0.411 bits per heavy atom. The van der Waals surface area contributed by atoms with E-state index in [2.05, 4.69) is 19.7 Å². The summed E-state index contributed by atoms with van der Waals surface area (Å²) in [6.07, 6.45) is 1.02. The Morgan fingerprint density at radius 2 is 0.781 bits per heavy atom. The van der Waals surface area contributed by atoms with Crippen LogP contribution in [0.25, 0.3) is 22.3 Å². The number of rotatable bonds is 25. The van der Waals surface area contributed by atoms with Crippen LogP contribution in [0.5, 0.6) is 23.0 Å². The van der Waals surface area contributed by atoms with Crippen LogP contribution < -0.4 is 18.9 Å². The highest BCUT2D eigenvalue weighted by Crippen LogP contribution is 2.29. The van der Waals surface area contributed by atoms with Gasteiger partial charge in [-0.1, -0.05) is 68.3 Å². The molecule has 0 atom stereocenters. The van der Waals surface area contributed by atoms with E-state index in [-0.39, 0.29) is 98.4 Å². The number of benzene rings is 5. The summed E-state index contributed by atoms with van der Waals surface area (Å²) in [6, 6.07) is 29.7. The maximum Gasteiger partial charge on any atom is 0.343 e. The fourth-order valence-electron chi connectivity index (χ4n) is 6.07. The van der Waals surface area contributed by atoms with E-state index in [1.807, 2.05) is 0 Å². The predicted molar refractivity (Wildman–Crippen MR) is 259 cm³/mol. The zero-order chi connectivity index (χ0) is 52.7. The molecule has 0 aliphatic rings. The van der Waals surface area contributed by atoms with Crippen LogP contribution in [0, 0.1) is 0 Å². The maximum atomic E-state index is 13.4. The molecule has 0 saturated heterocycles. The van der Waals surface area contributed by atoms with Gasteiger partial charge in [-0.3, -0.25) is 19.2 Å². The number of hydrogen-bond acceptors (Lipinski definition) is 18. The van der Waals surface area contributed by atoms with E-state index >= 15 is 0 Å². The number of esters is 9. The van der Waals surface area contributed by atoms with Gasteiger partial charge in [0, 0.05) is 12.2 Å². The number of hydrogen-bond donors (Lipinski definition) is 0. The van der Waals surface area contributed by atoms with Gasteiger partial charge in [0.25, 0.3) is 0 Å². The lowest BCUT2D eigenvalue weighted by molar-refractivity contribution is -0.151. The van der Waals surface area contributed by atoms with Crippen molar-refractivity contribution in [1.82, 2.24) is 0 Å². The summed E-state index contributed by atoms with van der Waals surface area (Å²) in [5.74, 6) is -6.11. The van der Waals surface area contributed by atoms with Crippen molar-refractivity contribution in [2.24, 2.45) is 0 Å². The Kier molecular flexibility index (Phi) is 20.7. The molecular formula is C55H48O18. The molecule has 0 N–H and O–H groups in total. The van der Waals surface area contributed by atoms with Crippen molar-refractivity contribution in [3.05, 3.63) is 169 Å². The molecule has 18 nitrogen and oxygen atoms in total. The summed E-state index contributed by atoms with van der Waals surface area (Å²) < 4.78 is 46.4. The third-order valence-corrected chi connectivity index (χ3v) is 9.69. The molecule has 0 heterocycles. The monoisotopic (exact) mass is 996 g/mol. The van der Waals surface area contributed by atoms with Crippen molar-refractivity contribution in [1.29, 1.82) is 0 Å². The smallest absolute Gasteiger partial charge is 0.343 e. The summed E-state index contributed by atoms with van der Waals surface area (Å²) in [5, 5.41) is 0. The van der Waals surface area contributed by atoms with Gasteiger partial charge in [0.1, 0.15) is 61.6 Å². The third-order valence-electron chi connectivity index (χ3n) is 9.69. The minimum absolute atomic E-state index is 0.0445. The van der Waals surface area contributed by atoms with Crippen LogP contribution in [-0.4, -0.2) is 86.8 Å². The van der Waals surface area contributed by atoms with Crippen LogP contribution in [0.4, 0.5) is 0 Å². The Bertz CT molecular complexity index is 2840. The van der Waals surface area contributed by atoms with Crippen LogP contribution in [0.15, 0.2) is 153 Å². The SMILES string of the molecule is C=CC(=O)OCCOC(=O)CCC(=O)Oc1ccc(-c2ccc(C(=O)Oc3ccc(OC(=O)c4ccc(-c5ccc(OC(=O)CCC(=O)OCCOC(=O)C=C)cc5)cc4)c(C(=O)OCC(=C)C)c3)cc2)cc1. The lowest BCUT2D eigenvalue weighted by Crippen LogP contribution is -2.15. The Balaban J connectivity index is 1.13. The first-order chi connectivity index (χ1) is 35.1. The molecule has 18 heteroatoms. The molecule has 5 rings (SSSR count). The van der Waals surface area contributed by atoms with Gasteiger partial charge in [-0.2, -0.15) is 0 Å². The van der Waals surface area contributed by atoms with Crippen molar-refractivity contribution in [3.63, 3.8) is 0 Å². The van der Waals surface area contributed by atoms with E-state index in [0.717, 1.165) is 28.8 Å². The second-order valence-corrected chi connectivity index (χ2v) is 15.3. The lowest BCUT2D eigenvalue weighted by Gasteiger charge is -2.13. The summed E-state index contributed by atoms with van der Waals surface area (Å²) in [7, 11) is 0. The largest absolute Gasteiger partial charge is 0.462 e. The highest BCUT2D eigenvalue weighted by Gasteiger charge is 2.21. The van der Waals surface area contributed by atoms with Crippen molar-refractivity contribution in [2.45, 2.75) is 32.6 Å². The zero-order valence-corrected chi connectivity index (χ0v) is 39.5. The van der Waals surface area contributed by atoms with E-state index in [9.17, 15) is 43.2 Å². The van der Waals surface area contributed by atoms with E-state index < -0.39 is 53.7 Å². The quantitative estimate of drug-likeness (QED) is 0.0134. The zero-order valence-electron chi connectivity index (χ0n) is 39.5. The van der Waals surface area contributed by atoms with Crippen LogP contribution in [-0.2, 0) is 52.5 Å². The summed E-state index contributed by atoms with van der Waals surface area (Å²) in [5.41, 5.74) is 3.53. The van der Waals surface area contributed by atoms with Crippen molar-refractivity contribution in [2.75, 3.05) is 33.0 Å². The molecule has 73 heavy (non-hydrogen) atoms. The summed E-state index contributed by atoms with van der Waals surface area (Å²) in [4.78, 5) is 110. The van der Waals surface area contributed by atoms with Gasteiger partial charge in [-0.15, -0.1) is 0 Å². The van der Waals surface area contributed by atoms with E-state index in [0.29, 0.717) is 11.1 Å². The topological polar surface area (TPSA) is 237 Å². The first kappa shape index (κ1) is 54.5. The molecule has 0 aromatic heterocycles. The molecule has 5 aromatic rings. The van der Waals surface area contributed by atoms with Crippen LogP contribution in [0.2, 0.25) is 0 Å². The fourth-order valence-corrected chi connectivity index (χ4v) is 6.07. The maximum absolute atomic E-state index is 13.4. The molecule has 376 valence electrons. The van der Waals surface area contributed by atoms with E-state index in [1.54, 1.807) is 79.7 Å². The lowest BCUT2D eigenvalue weighted by atomic mass is 10.0. The van der Waals surface area contributed by atoms with Crippen LogP contribution in [0.3, 0.4) is 0 Å². The van der Waals surface area contributed by atoms with Gasteiger partial charge >= 0.3 is 53.7 Å².